The molecule has 0 unspecified atom stereocenters. The SMILES string of the molecule is COc1cc(OC)c(C2=CCN(Cc3nnc(C)n3C)CC2)c(OC)c1. The minimum absolute atomic E-state index is 0.720. The summed E-state index contributed by atoms with van der Waals surface area (Å²) < 4.78 is 18.5. The number of hydrogen-bond acceptors (Lipinski definition) is 6. The van der Waals surface area contributed by atoms with Crippen LogP contribution in [0.25, 0.3) is 5.57 Å². The Morgan fingerprint density at radius 3 is 2.19 bits per heavy atom. The zero-order valence-electron chi connectivity index (χ0n) is 16.1. The summed E-state index contributed by atoms with van der Waals surface area (Å²) in [6, 6.07) is 3.79. The van der Waals surface area contributed by atoms with Crippen molar-refractivity contribution in [3.05, 3.63) is 35.4 Å². The van der Waals surface area contributed by atoms with Gasteiger partial charge in [-0.25, -0.2) is 0 Å². The zero-order valence-corrected chi connectivity index (χ0v) is 16.1. The number of ether oxygens (including phenoxy) is 3. The van der Waals surface area contributed by atoms with E-state index < -0.39 is 0 Å². The van der Waals surface area contributed by atoms with Crippen LogP contribution in [0, 0.1) is 6.92 Å². The minimum atomic E-state index is 0.720. The van der Waals surface area contributed by atoms with Crippen LogP contribution in [0.5, 0.6) is 17.2 Å². The van der Waals surface area contributed by atoms with Gasteiger partial charge >= 0.3 is 0 Å². The van der Waals surface area contributed by atoms with Crippen molar-refractivity contribution in [1.29, 1.82) is 0 Å². The largest absolute Gasteiger partial charge is 0.496 e. The van der Waals surface area contributed by atoms with Gasteiger partial charge in [-0.15, -0.1) is 10.2 Å². The standard InChI is InChI=1S/C19H26N4O3/c1-13-20-21-18(22(13)2)12-23-8-6-14(7-9-23)19-16(25-4)10-15(24-3)11-17(19)26-5/h6,10-11H,7-9,12H2,1-5H3. The second kappa shape index (κ2) is 7.78. The molecule has 0 fully saturated rings. The maximum atomic E-state index is 5.59. The first kappa shape index (κ1) is 18.3. The molecule has 1 aromatic carbocycles. The second-order valence-electron chi connectivity index (χ2n) is 6.34. The summed E-state index contributed by atoms with van der Waals surface area (Å²) in [4.78, 5) is 2.36. The quantitative estimate of drug-likeness (QED) is 0.790. The molecule has 0 aliphatic carbocycles. The maximum absolute atomic E-state index is 5.59. The fourth-order valence-electron chi connectivity index (χ4n) is 3.19. The molecule has 2 aromatic rings. The first-order valence-electron chi connectivity index (χ1n) is 8.64. The van der Waals surface area contributed by atoms with Gasteiger partial charge in [-0.2, -0.15) is 0 Å². The van der Waals surface area contributed by atoms with E-state index in [4.69, 9.17) is 14.2 Å². The lowest BCUT2D eigenvalue weighted by atomic mass is 9.97. The van der Waals surface area contributed by atoms with Crippen molar-refractivity contribution >= 4 is 5.57 Å². The van der Waals surface area contributed by atoms with Gasteiger partial charge in [0.2, 0.25) is 0 Å². The van der Waals surface area contributed by atoms with Crippen LogP contribution in [0.15, 0.2) is 18.2 Å². The van der Waals surface area contributed by atoms with Gasteiger partial charge in [0.1, 0.15) is 28.9 Å². The molecule has 0 bridgehead atoms. The van der Waals surface area contributed by atoms with Crippen LogP contribution >= 0.6 is 0 Å². The Hall–Kier alpha value is -2.54. The molecule has 26 heavy (non-hydrogen) atoms. The first-order valence-corrected chi connectivity index (χ1v) is 8.64. The number of aryl methyl sites for hydroxylation is 1. The van der Waals surface area contributed by atoms with Crippen molar-refractivity contribution in [2.45, 2.75) is 19.9 Å². The summed E-state index contributed by atoms with van der Waals surface area (Å²) in [5, 5.41) is 8.39. The molecule has 1 aliphatic rings. The lowest BCUT2D eigenvalue weighted by Gasteiger charge is -2.27. The zero-order chi connectivity index (χ0) is 18.7. The highest BCUT2D eigenvalue weighted by atomic mass is 16.5. The molecule has 3 rings (SSSR count). The number of methoxy groups -OCH3 is 3. The van der Waals surface area contributed by atoms with Crippen LogP contribution in [0.2, 0.25) is 0 Å². The molecule has 1 aromatic heterocycles. The number of rotatable bonds is 6. The second-order valence-corrected chi connectivity index (χ2v) is 6.34. The van der Waals surface area contributed by atoms with Crippen LogP contribution < -0.4 is 14.2 Å². The van der Waals surface area contributed by atoms with Crippen LogP contribution in [-0.2, 0) is 13.6 Å². The Bertz CT molecular complexity index is 788. The van der Waals surface area contributed by atoms with E-state index in [0.717, 1.165) is 60.5 Å². The fraction of sp³-hybridized carbons (Fsp3) is 0.474. The number of nitrogens with zero attached hydrogens (tertiary/aromatic N) is 4. The lowest BCUT2D eigenvalue weighted by Crippen LogP contribution is -2.29. The van der Waals surface area contributed by atoms with Crippen LogP contribution in [0.4, 0.5) is 0 Å². The molecule has 0 atom stereocenters. The maximum Gasteiger partial charge on any atom is 0.146 e. The molecule has 7 heteroatoms. The molecular formula is C19H26N4O3. The van der Waals surface area contributed by atoms with Gasteiger partial charge in [-0.1, -0.05) is 6.08 Å². The average molecular weight is 358 g/mol. The highest BCUT2D eigenvalue weighted by molar-refractivity contribution is 5.77. The number of aromatic nitrogens is 3. The van der Waals surface area contributed by atoms with Crippen molar-refractivity contribution in [3.8, 4) is 17.2 Å². The molecule has 1 aliphatic heterocycles. The van der Waals surface area contributed by atoms with Gasteiger partial charge in [0, 0.05) is 32.3 Å². The Labute approximate surface area is 154 Å². The van der Waals surface area contributed by atoms with Gasteiger partial charge in [0.05, 0.1) is 33.4 Å². The van der Waals surface area contributed by atoms with E-state index in [9.17, 15) is 0 Å². The predicted molar refractivity (Wildman–Crippen MR) is 99.7 cm³/mol. The lowest BCUT2D eigenvalue weighted by molar-refractivity contribution is 0.282. The fourth-order valence-corrected chi connectivity index (χ4v) is 3.19. The van der Waals surface area contributed by atoms with Gasteiger partial charge in [-0.05, 0) is 18.9 Å². The topological polar surface area (TPSA) is 61.6 Å². The van der Waals surface area contributed by atoms with Gasteiger partial charge in [-0.3, -0.25) is 4.90 Å². The third-order valence-electron chi connectivity index (χ3n) is 4.88. The van der Waals surface area contributed by atoms with Crippen LogP contribution in [0.3, 0.4) is 0 Å². The highest BCUT2D eigenvalue weighted by Crippen LogP contribution is 2.40. The Kier molecular flexibility index (Phi) is 5.46. The number of benzene rings is 1. The van der Waals surface area contributed by atoms with E-state index in [1.807, 2.05) is 30.7 Å². The molecule has 0 amide bonds. The Morgan fingerprint density at radius 2 is 1.73 bits per heavy atom. The molecule has 0 radical (unpaired) electrons. The normalized spacial score (nSPS) is 14.9. The van der Waals surface area contributed by atoms with E-state index in [-0.39, 0.29) is 0 Å². The van der Waals surface area contributed by atoms with Crippen molar-refractivity contribution in [2.75, 3.05) is 34.4 Å². The van der Waals surface area contributed by atoms with E-state index in [1.54, 1.807) is 21.3 Å². The molecule has 140 valence electrons. The summed E-state index contributed by atoms with van der Waals surface area (Å²) in [6.07, 6.45) is 3.15. The van der Waals surface area contributed by atoms with Crippen LogP contribution in [0.1, 0.15) is 23.6 Å². The predicted octanol–water partition coefficient (Wildman–Crippen LogP) is 2.44. The summed E-state index contributed by atoms with van der Waals surface area (Å²) in [5.41, 5.74) is 2.23. The third-order valence-corrected chi connectivity index (χ3v) is 4.88. The summed E-state index contributed by atoms with van der Waals surface area (Å²) in [6.45, 7) is 4.54. The Morgan fingerprint density at radius 1 is 1.04 bits per heavy atom. The van der Waals surface area contributed by atoms with Crippen molar-refractivity contribution in [1.82, 2.24) is 19.7 Å². The van der Waals surface area contributed by atoms with Crippen molar-refractivity contribution < 1.29 is 14.2 Å². The molecule has 0 saturated heterocycles. The summed E-state index contributed by atoms with van der Waals surface area (Å²) >= 11 is 0. The van der Waals surface area contributed by atoms with Gasteiger partial charge in [0.25, 0.3) is 0 Å². The van der Waals surface area contributed by atoms with Gasteiger partial charge in [0.15, 0.2) is 0 Å². The van der Waals surface area contributed by atoms with Gasteiger partial charge < -0.3 is 18.8 Å². The first-order chi connectivity index (χ1) is 12.6. The van der Waals surface area contributed by atoms with Crippen molar-refractivity contribution in [2.24, 2.45) is 7.05 Å². The number of hydrogen-bond donors (Lipinski definition) is 0. The highest BCUT2D eigenvalue weighted by Gasteiger charge is 2.21. The van der Waals surface area contributed by atoms with E-state index in [1.165, 1.54) is 5.57 Å². The summed E-state index contributed by atoms with van der Waals surface area (Å²) in [5.74, 6) is 4.17. The molecular weight excluding hydrogens is 332 g/mol. The molecule has 0 saturated carbocycles. The smallest absolute Gasteiger partial charge is 0.146 e. The van der Waals surface area contributed by atoms with E-state index >= 15 is 0 Å². The average Bonchev–Trinajstić information content (AvgIpc) is 2.99. The molecule has 7 nitrogen and oxygen atoms in total. The molecule has 0 spiro atoms. The molecule has 0 N–H and O–H groups in total. The van der Waals surface area contributed by atoms with Crippen LogP contribution in [-0.4, -0.2) is 54.1 Å². The van der Waals surface area contributed by atoms with Crippen molar-refractivity contribution in [3.63, 3.8) is 0 Å². The Balaban J connectivity index is 1.81. The minimum Gasteiger partial charge on any atom is -0.496 e. The third kappa shape index (κ3) is 3.53. The van der Waals surface area contributed by atoms with E-state index in [2.05, 4.69) is 21.2 Å². The monoisotopic (exact) mass is 358 g/mol. The van der Waals surface area contributed by atoms with E-state index in [0.29, 0.717) is 0 Å². The summed E-state index contributed by atoms with van der Waals surface area (Å²) in [7, 11) is 6.98. The molecule has 2 heterocycles.